The van der Waals surface area contributed by atoms with Crippen molar-refractivity contribution in [3.8, 4) is 5.75 Å². The van der Waals surface area contributed by atoms with Crippen molar-refractivity contribution in [2.24, 2.45) is 0 Å². The number of hydrogen-bond acceptors (Lipinski definition) is 4. The van der Waals surface area contributed by atoms with Crippen molar-refractivity contribution in [1.82, 2.24) is 4.90 Å². The lowest BCUT2D eigenvalue weighted by Crippen LogP contribution is -2.46. The number of amides is 1. The van der Waals surface area contributed by atoms with Gasteiger partial charge < -0.3 is 15.0 Å². The first-order valence-corrected chi connectivity index (χ1v) is 13.1. The number of unbranched alkanes of at least 4 members (excludes halogenated alkanes) is 2. The zero-order valence-electron chi connectivity index (χ0n) is 20.2. The van der Waals surface area contributed by atoms with E-state index < -0.39 is 0 Å². The lowest BCUT2D eigenvalue weighted by Gasteiger charge is -2.36. The molecular weight excluding hydrogens is 469 g/mol. The van der Waals surface area contributed by atoms with Crippen LogP contribution in [0.1, 0.15) is 51.5 Å². The Morgan fingerprint density at radius 1 is 1.03 bits per heavy atom. The molecule has 7 heteroatoms. The van der Waals surface area contributed by atoms with E-state index in [1.54, 1.807) is 0 Å². The van der Waals surface area contributed by atoms with Gasteiger partial charge in [-0.25, -0.2) is 0 Å². The van der Waals surface area contributed by atoms with E-state index in [2.05, 4.69) is 35.0 Å². The van der Waals surface area contributed by atoms with Crippen molar-refractivity contribution < 1.29 is 9.53 Å². The number of halogens is 2. The Morgan fingerprint density at radius 2 is 1.82 bits per heavy atom. The number of nitrogens with zero attached hydrogens (tertiary/aromatic N) is 2. The summed E-state index contributed by atoms with van der Waals surface area (Å²) >= 11 is 12.6. The number of ether oxygens (including phenoxy) is 1. The van der Waals surface area contributed by atoms with E-state index in [1.165, 1.54) is 5.56 Å². The van der Waals surface area contributed by atoms with Gasteiger partial charge in [0, 0.05) is 44.4 Å². The highest BCUT2D eigenvalue weighted by atomic mass is 35.5. The van der Waals surface area contributed by atoms with Crippen LogP contribution in [0.2, 0.25) is 10.0 Å². The number of hydrogen-bond donors (Lipinski definition) is 1. The Balaban J connectivity index is 1.15. The fourth-order valence-electron chi connectivity index (χ4n) is 4.83. The first-order chi connectivity index (χ1) is 16.3. The maximum atomic E-state index is 12.1. The molecule has 0 spiro atoms. The number of carbonyl (C=O) groups is 1. The molecule has 1 amide bonds. The molecule has 2 aliphatic rings. The fourth-order valence-corrected chi connectivity index (χ4v) is 5.25. The summed E-state index contributed by atoms with van der Waals surface area (Å²) in [6.07, 6.45) is 4.73. The number of nitrogens with one attached hydrogen (secondary N) is 1. The Bertz CT molecular complexity index is 1000. The molecule has 1 N–H and O–H groups in total. The third-order valence-corrected chi connectivity index (χ3v) is 7.81. The Kier molecular flexibility index (Phi) is 8.28. The second-order valence-electron chi connectivity index (χ2n) is 9.95. The summed E-state index contributed by atoms with van der Waals surface area (Å²) in [5, 5.41) is 4.31. The monoisotopic (exact) mass is 503 g/mol. The standard InChI is InChI=1S/C27H35Cl2N3O2/c1-27(2)12-11-25(33)30-23-19-20(9-10-21(23)27)34-18-5-3-4-13-31-14-16-32(17-15-31)24-8-6-7-22(28)26(24)29/h6-10,19H,3-5,11-18H2,1-2H3,(H,30,33). The zero-order valence-corrected chi connectivity index (χ0v) is 21.7. The van der Waals surface area contributed by atoms with E-state index in [-0.39, 0.29) is 11.3 Å². The van der Waals surface area contributed by atoms with Crippen LogP contribution in [-0.4, -0.2) is 50.1 Å². The highest BCUT2D eigenvalue weighted by molar-refractivity contribution is 6.43. The lowest BCUT2D eigenvalue weighted by atomic mass is 9.80. The minimum absolute atomic E-state index is 0.0150. The Labute approximate surface area is 213 Å². The number of carbonyl (C=O) groups excluding carboxylic acids is 1. The SMILES string of the molecule is CC1(C)CCC(=O)Nc2cc(OCCCCCN3CCN(c4cccc(Cl)c4Cl)CC3)ccc21. The number of benzene rings is 2. The molecule has 0 aliphatic carbocycles. The van der Waals surface area contributed by atoms with Crippen LogP contribution in [0.4, 0.5) is 11.4 Å². The van der Waals surface area contributed by atoms with Gasteiger partial charge in [-0.2, -0.15) is 0 Å². The van der Waals surface area contributed by atoms with Gasteiger partial charge in [0.2, 0.25) is 5.91 Å². The molecular formula is C27H35Cl2N3O2. The number of piperazine rings is 1. The summed E-state index contributed by atoms with van der Waals surface area (Å²) in [7, 11) is 0. The van der Waals surface area contributed by atoms with Gasteiger partial charge in [0.25, 0.3) is 0 Å². The average Bonchev–Trinajstić information content (AvgIpc) is 2.93. The van der Waals surface area contributed by atoms with Crippen molar-refractivity contribution >= 4 is 40.5 Å². The molecule has 0 aromatic heterocycles. The lowest BCUT2D eigenvalue weighted by molar-refractivity contribution is -0.116. The predicted octanol–water partition coefficient (Wildman–Crippen LogP) is 6.37. The van der Waals surface area contributed by atoms with Crippen LogP contribution < -0.4 is 15.0 Å². The number of anilines is 2. The van der Waals surface area contributed by atoms with Crippen LogP contribution in [0.5, 0.6) is 5.75 Å². The van der Waals surface area contributed by atoms with Gasteiger partial charge in [-0.1, -0.05) is 49.2 Å². The molecule has 1 fully saturated rings. The maximum absolute atomic E-state index is 12.1. The van der Waals surface area contributed by atoms with E-state index in [4.69, 9.17) is 27.9 Å². The summed E-state index contributed by atoms with van der Waals surface area (Å²) in [5.41, 5.74) is 3.09. The molecule has 0 atom stereocenters. The van der Waals surface area contributed by atoms with E-state index >= 15 is 0 Å². The first kappa shape index (κ1) is 25.2. The zero-order chi connectivity index (χ0) is 24.1. The molecule has 2 aliphatic heterocycles. The molecule has 0 saturated carbocycles. The molecule has 34 heavy (non-hydrogen) atoms. The van der Waals surface area contributed by atoms with Gasteiger partial charge in [0.05, 0.1) is 22.3 Å². The van der Waals surface area contributed by atoms with Crippen LogP contribution >= 0.6 is 23.2 Å². The highest BCUT2D eigenvalue weighted by Crippen LogP contribution is 2.38. The largest absolute Gasteiger partial charge is 0.494 e. The number of rotatable bonds is 8. The second kappa shape index (κ2) is 11.2. The minimum atomic E-state index is -0.0150. The Hall–Kier alpha value is -1.95. The molecule has 0 radical (unpaired) electrons. The molecule has 1 saturated heterocycles. The van der Waals surface area contributed by atoms with E-state index in [0.717, 1.165) is 75.5 Å². The highest BCUT2D eigenvalue weighted by Gasteiger charge is 2.28. The topological polar surface area (TPSA) is 44.8 Å². The van der Waals surface area contributed by atoms with Crippen molar-refractivity contribution in [2.45, 2.75) is 51.4 Å². The van der Waals surface area contributed by atoms with E-state index in [1.807, 2.05) is 30.3 Å². The van der Waals surface area contributed by atoms with Crippen LogP contribution in [-0.2, 0) is 10.2 Å². The first-order valence-electron chi connectivity index (χ1n) is 12.3. The van der Waals surface area contributed by atoms with Gasteiger partial charge in [-0.05, 0) is 61.4 Å². The van der Waals surface area contributed by atoms with Crippen LogP contribution in [0.25, 0.3) is 0 Å². The van der Waals surface area contributed by atoms with Gasteiger partial charge in [-0.3, -0.25) is 9.69 Å². The van der Waals surface area contributed by atoms with E-state index in [0.29, 0.717) is 23.1 Å². The smallest absolute Gasteiger partial charge is 0.224 e. The molecule has 2 aromatic carbocycles. The van der Waals surface area contributed by atoms with Crippen LogP contribution in [0.3, 0.4) is 0 Å². The second-order valence-corrected chi connectivity index (χ2v) is 10.7. The Morgan fingerprint density at radius 3 is 2.62 bits per heavy atom. The third kappa shape index (κ3) is 6.18. The van der Waals surface area contributed by atoms with Crippen molar-refractivity contribution in [2.75, 3.05) is 49.5 Å². The van der Waals surface area contributed by atoms with Gasteiger partial charge in [0.15, 0.2) is 0 Å². The molecule has 0 bridgehead atoms. The summed E-state index contributed by atoms with van der Waals surface area (Å²) < 4.78 is 6.00. The molecule has 4 rings (SSSR count). The maximum Gasteiger partial charge on any atom is 0.224 e. The van der Waals surface area contributed by atoms with Crippen molar-refractivity contribution in [1.29, 1.82) is 0 Å². The molecule has 0 unspecified atom stereocenters. The molecule has 184 valence electrons. The fraction of sp³-hybridized carbons (Fsp3) is 0.519. The van der Waals surface area contributed by atoms with Gasteiger partial charge in [0.1, 0.15) is 5.75 Å². The van der Waals surface area contributed by atoms with Gasteiger partial charge >= 0.3 is 0 Å². The summed E-state index contributed by atoms with van der Waals surface area (Å²) in [5.74, 6) is 0.910. The summed E-state index contributed by atoms with van der Waals surface area (Å²) in [4.78, 5) is 16.9. The summed E-state index contributed by atoms with van der Waals surface area (Å²) in [6, 6.07) is 11.9. The van der Waals surface area contributed by atoms with Crippen molar-refractivity contribution in [3.05, 3.63) is 52.0 Å². The minimum Gasteiger partial charge on any atom is -0.494 e. The van der Waals surface area contributed by atoms with Crippen molar-refractivity contribution in [3.63, 3.8) is 0 Å². The predicted molar refractivity (Wildman–Crippen MR) is 142 cm³/mol. The summed E-state index contributed by atoms with van der Waals surface area (Å²) in [6.45, 7) is 10.2. The van der Waals surface area contributed by atoms with E-state index in [9.17, 15) is 4.79 Å². The quantitative estimate of drug-likeness (QED) is 0.424. The van der Waals surface area contributed by atoms with Gasteiger partial charge in [-0.15, -0.1) is 0 Å². The average molecular weight is 505 g/mol. The normalized spacial score (nSPS) is 18.2. The van der Waals surface area contributed by atoms with Crippen LogP contribution in [0, 0.1) is 0 Å². The molecule has 2 aromatic rings. The third-order valence-electron chi connectivity index (χ3n) is 7.00. The molecule has 2 heterocycles. The number of fused-ring (bicyclic) bond motifs is 1. The molecule has 5 nitrogen and oxygen atoms in total. The van der Waals surface area contributed by atoms with Crippen LogP contribution in [0.15, 0.2) is 36.4 Å².